The van der Waals surface area contributed by atoms with E-state index >= 15 is 0 Å². The highest BCUT2D eigenvalue weighted by atomic mass is 16.3. The van der Waals surface area contributed by atoms with Gasteiger partial charge in [0.15, 0.2) is 0 Å². The summed E-state index contributed by atoms with van der Waals surface area (Å²) in [5, 5.41) is 9.74. The van der Waals surface area contributed by atoms with Crippen LogP contribution in [-0.4, -0.2) is 47.6 Å². The van der Waals surface area contributed by atoms with Crippen molar-refractivity contribution in [3.05, 3.63) is 29.3 Å². The van der Waals surface area contributed by atoms with Crippen molar-refractivity contribution in [2.45, 2.75) is 39.2 Å². The lowest BCUT2D eigenvalue weighted by Gasteiger charge is -2.31. The van der Waals surface area contributed by atoms with E-state index in [0.717, 1.165) is 29.7 Å². The molecule has 2 saturated heterocycles. The number of aryl methyl sites for hydroxylation is 2. The van der Waals surface area contributed by atoms with Crippen molar-refractivity contribution < 1.29 is 14.7 Å². The first-order valence-corrected chi connectivity index (χ1v) is 8.32. The second-order valence-corrected chi connectivity index (χ2v) is 6.76. The lowest BCUT2D eigenvalue weighted by atomic mass is 10.0. The summed E-state index contributed by atoms with van der Waals surface area (Å²) in [5.41, 5.74) is 3.10. The quantitative estimate of drug-likeness (QED) is 0.844. The van der Waals surface area contributed by atoms with E-state index in [0.29, 0.717) is 26.1 Å². The summed E-state index contributed by atoms with van der Waals surface area (Å²) >= 11 is 0. The largest absolute Gasteiger partial charge is 0.391 e. The summed E-state index contributed by atoms with van der Waals surface area (Å²) < 4.78 is 0. The Bertz CT molecular complexity index is 608. The number of benzene rings is 1. The number of likely N-dealkylation sites (tertiary alicyclic amines) is 1. The summed E-state index contributed by atoms with van der Waals surface area (Å²) in [6.07, 6.45) is 1.63. The number of carbonyl (C=O) groups is 2. The molecule has 5 heteroatoms. The SMILES string of the molecule is Cc1cc(C)cc(N2CCC(C(=O)N3CCCC(O)C3)C2=O)c1. The molecule has 2 atom stereocenters. The monoisotopic (exact) mass is 316 g/mol. The molecule has 0 saturated carbocycles. The fourth-order valence-corrected chi connectivity index (χ4v) is 3.65. The Morgan fingerprint density at radius 3 is 2.48 bits per heavy atom. The molecule has 2 unspecified atom stereocenters. The first kappa shape index (κ1) is 16.0. The number of anilines is 1. The fraction of sp³-hybridized carbons (Fsp3) is 0.556. The minimum absolute atomic E-state index is 0.111. The molecule has 124 valence electrons. The van der Waals surface area contributed by atoms with Crippen molar-refractivity contribution in [3.63, 3.8) is 0 Å². The average Bonchev–Trinajstić information content (AvgIpc) is 2.87. The van der Waals surface area contributed by atoms with Crippen molar-refractivity contribution in [2.24, 2.45) is 5.92 Å². The van der Waals surface area contributed by atoms with Crippen molar-refractivity contribution in [3.8, 4) is 0 Å². The van der Waals surface area contributed by atoms with Crippen molar-refractivity contribution in [1.29, 1.82) is 0 Å². The average molecular weight is 316 g/mol. The molecule has 0 aromatic heterocycles. The number of rotatable bonds is 2. The van der Waals surface area contributed by atoms with E-state index in [2.05, 4.69) is 6.07 Å². The maximum Gasteiger partial charge on any atom is 0.239 e. The molecular formula is C18H24N2O3. The molecule has 0 aliphatic carbocycles. The molecule has 0 bridgehead atoms. The topological polar surface area (TPSA) is 60.9 Å². The summed E-state index contributed by atoms with van der Waals surface area (Å²) in [6, 6.07) is 6.05. The lowest BCUT2D eigenvalue weighted by Crippen LogP contribution is -2.46. The second-order valence-electron chi connectivity index (χ2n) is 6.76. The molecule has 2 heterocycles. The molecule has 0 spiro atoms. The lowest BCUT2D eigenvalue weighted by molar-refractivity contribution is -0.142. The molecule has 3 rings (SSSR count). The van der Waals surface area contributed by atoms with Gasteiger partial charge in [0.05, 0.1) is 6.10 Å². The highest BCUT2D eigenvalue weighted by Gasteiger charge is 2.40. The van der Waals surface area contributed by atoms with Crippen LogP contribution in [0.3, 0.4) is 0 Å². The first-order chi connectivity index (χ1) is 11.0. The third-order valence-corrected chi connectivity index (χ3v) is 4.73. The van der Waals surface area contributed by atoms with Gasteiger partial charge in [-0.2, -0.15) is 0 Å². The van der Waals surface area contributed by atoms with Gasteiger partial charge in [0.2, 0.25) is 11.8 Å². The summed E-state index contributed by atoms with van der Waals surface area (Å²) in [4.78, 5) is 28.7. The van der Waals surface area contributed by atoms with Gasteiger partial charge in [-0.3, -0.25) is 9.59 Å². The third kappa shape index (κ3) is 3.24. The zero-order valence-electron chi connectivity index (χ0n) is 13.8. The Labute approximate surface area is 136 Å². The molecular weight excluding hydrogens is 292 g/mol. The minimum Gasteiger partial charge on any atom is -0.391 e. The van der Waals surface area contributed by atoms with Crippen molar-refractivity contribution in [2.75, 3.05) is 24.5 Å². The number of carbonyl (C=O) groups excluding carboxylic acids is 2. The van der Waals surface area contributed by atoms with E-state index in [4.69, 9.17) is 0 Å². The maximum atomic E-state index is 12.7. The molecule has 0 radical (unpaired) electrons. The third-order valence-electron chi connectivity index (χ3n) is 4.73. The highest BCUT2D eigenvalue weighted by Crippen LogP contribution is 2.28. The minimum atomic E-state index is -0.596. The van der Waals surface area contributed by atoms with Gasteiger partial charge < -0.3 is 14.9 Å². The Hall–Kier alpha value is -1.88. The molecule has 1 aromatic rings. The van der Waals surface area contributed by atoms with E-state index in [1.54, 1.807) is 9.80 Å². The van der Waals surface area contributed by atoms with Gasteiger partial charge in [-0.1, -0.05) is 6.07 Å². The molecule has 1 aromatic carbocycles. The van der Waals surface area contributed by atoms with E-state index in [1.807, 2.05) is 26.0 Å². The van der Waals surface area contributed by atoms with Gasteiger partial charge in [-0.05, 0) is 56.4 Å². The predicted octanol–water partition coefficient (Wildman–Crippen LogP) is 1.64. The zero-order valence-corrected chi connectivity index (χ0v) is 13.8. The van der Waals surface area contributed by atoms with Crippen molar-refractivity contribution >= 4 is 17.5 Å². The van der Waals surface area contributed by atoms with Gasteiger partial charge in [0, 0.05) is 25.3 Å². The standard InChI is InChI=1S/C18H24N2O3/c1-12-8-13(2)10-14(9-12)20-7-5-16(18(20)23)17(22)19-6-3-4-15(21)11-19/h8-10,15-16,21H,3-7,11H2,1-2H3. The molecule has 2 fully saturated rings. The zero-order chi connectivity index (χ0) is 16.6. The van der Waals surface area contributed by atoms with Crippen LogP contribution in [0.5, 0.6) is 0 Å². The van der Waals surface area contributed by atoms with Crippen LogP contribution in [0.4, 0.5) is 5.69 Å². The van der Waals surface area contributed by atoms with E-state index in [1.165, 1.54) is 0 Å². The van der Waals surface area contributed by atoms with Crippen LogP contribution in [0.25, 0.3) is 0 Å². The first-order valence-electron chi connectivity index (χ1n) is 8.32. The maximum absolute atomic E-state index is 12.7. The number of amides is 2. The molecule has 5 nitrogen and oxygen atoms in total. The Balaban J connectivity index is 1.74. The van der Waals surface area contributed by atoms with Gasteiger partial charge in [-0.25, -0.2) is 0 Å². The predicted molar refractivity (Wildman–Crippen MR) is 88.2 cm³/mol. The smallest absolute Gasteiger partial charge is 0.239 e. The van der Waals surface area contributed by atoms with Gasteiger partial charge >= 0.3 is 0 Å². The van der Waals surface area contributed by atoms with Crippen LogP contribution in [0, 0.1) is 19.8 Å². The summed E-state index contributed by atoms with van der Waals surface area (Å²) in [6.45, 7) is 5.59. The van der Waals surface area contributed by atoms with Crippen molar-refractivity contribution in [1.82, 2.24) is 4.90 Å². The molecule has 1 N–H and O–H groups in total. The van der Waals surface area contributed by atoms with Crippen LogP contribution in [-0.2, 0) is 9.59 Å². The second kappa shape index (κ2) is 6.32. The van der Waals surface area contributed by atoms with Crippen LogP contribution in [0.2, 0.25) is 0 Å². The van der Waals surface area contributed by atoms with E-state index in [9.17, 15) is 14.7 Å². The van der Waals surface area contributed by atoms with E-state index in [-0.39, 0.29) is 11.8 Å². The van der Waals surface area contributed by atoms with Crippen LogP contribution >= 0.6 is 0 Å². The number of hydrogen-bond acceptors (Lipinski definition) is 3. The van der Waals surface area contributed by atoms with Crippen LogP contribution < -0.4 is 4.90 Å². The number of β-amino-alcohol motifs (C(OH)–C–C–N with tert-alkyl or cyclic N) is 1. The number of nitrogens with zero attached hydrogens (tertiary/aromatic N) is 2. The fourth-order valence-electron chi connectivity index (χ4n) is 3.65. The summed E-state index contributed by atoms with van der Waals surface area (Å²) in [7, 11) is 0. The number of piperidine rings is 1. The molecule has 2 aliphatic rings. The van der Waals surface area contributed by atoms with Crippen LogP contribution in [0.15, 0.2) is 18.2 Å². The van der Waals surface area contributed by atoms with Gasteiger partial charge in [-0.15, -0.1) is 0 Å². The van der Waals surface area contributed by atoms with E-state index < -0.39 is 12.0 Å². The molecule has 2 amide bonds. The summed E-state index contributed by atoms with van der Waals surface area (Å²) in [5.74, 6) is -0.832. The Morgan fingerprint density at radius 1 is 1.13 bits per heavy atom. The number of aliphatic hydroxyl groups is 1. The number of aliphatic hydroxyl groups excluding tert-OH is 1. The van der Waals surface area contributed by atoms with Crippen LogP contribution in [0.1, 0.15) is 30.4 Å². The van der Waals surface area contributed by atoms with Gasteiger partial charge in [0.25, 0.3) is 0 Å². The Kier molecular flexibility index (Phi) is 4.39. The normalized spacial score (nSPS) is 25.1. The highest BCUT2D eigenvalue weighted by molar-refractivity contribution is 6.09. The number of hydrogen-bond donors (Lipinski definition) is 1. The van der Waals surface area contributed by atoms with Gasteiger partial charge in [0.1, 0.15) is 5.92 Å². The molecule has 23 heavy (non-hydrogen) atoms. The Morgan fingerprint density at radius 2 is 1.83 bits per heavy atom. The molecule has 2 aliphatic heterocycles.